The highest BCUT2D eigenvalue weighted by atomic mass is 19.1. The fraction of sp³-hybridized carbons (Fsp3) is 0.176. The Labute approximate surface area is 122 Å². The van der Waals surface area contributed by atoms with Crippen molar-refractivity contribution in [1.29, 1.82) is 0 Å². The first-order chi connectivity index (χ1) is 10.2. The van der Waals surface area contributed by atoms with Gasteiger partial charge in [0.05, 0.1) is 13.7 Å². The number of fused-ring (bicyclic) bond motifs is 1. The molecule has 0 bridgehead atoms. The highest BCUT2D eigenvalue weighted by Gasteiger charge is 2.21. The number of hydrogen-bond acceptors (Lipinski definition) is 3. The first kappa shape index (κ1) is 13.6. The molecule has 1 aliphatic rings. The number of benzene rings is 2. The van der Waals surface area contributed by atoms with E-state index in [4.69, 9.17) is 9.47 Å². The number of aliphatic hydroxyl groups excluding tert-OH is 1. The smallest absolute Gasteiger partial charge is 0.127 e. The van der Waals surface area contributed by atoms with Gasteiger partial charge in [-0.05, 0) is 41.5 Å². The van der Waals surface area contributed by atoms with Crippen molar-refractivity contribution in [3.05, 3.63) is 65.0 Å². The molecule has 0 atom stereocenters. The lowest BCUT2D eigenvalue weighted by Gasteiger charge is -2.24. The van der Waals surface area contributed by atoms with E-state index >= 15 is 0 Å². The molecular formula is C17H15FO3. The summed E-state index contributed by atoms with van der Waals surface area (Å²) < 4.78 is 24.0. The van der Waals surface area contributed by atoms with E-state index in [9.17, 15) is 9.50 Å². The van der Waals surface area contributed by atoms with Crippen molar-refractivity contribution in [2.75, 3.05) is 20.3 Å². The Hall–Kier alpha value is -2.33. The Morgan fingerprint density at radius 2 is 1.95 bits per heavy atom. The van der Waals surface area contributed by atoms with Crippen LogP contribution in [0.2, 0.25) is 0 Å². The number of ether oxygens (including phenoxy) is 2. The number of methoxy groups -OCH3 is 1. The number of rotatable bonds is 3. The Bertz CT molecular complexity index is 690. The van der Waals surface area contributed by atoms with Gasteiger partial charge in [-0.3, -0.25) is 0 Å². The maximum Gasteiger partial charge on any atom is 0.127 e. The molecule has 1 aliphatic heterocycles. The van der Waals surface area contributed by atoms with E-state index in [2.05, 4.69) is 0 Å². The molecule has 1 heterocycles. The summed E-state index contributed by atoms with van der Waals surface area (Å²) in [6.07, 6.45) is 0. The van der Waals surface area contributed by atoms with Crippen LogP contribution in [0.4, 0.5) is 4.39 Å². The fourth-order valence-corrected chi connectivity index (χ4v) is 2.49. The summed E-state index contributed by atoms with van der Waals surface area (Å²) in [6.45, 7) is 0.214. The topological polar surface area (TPSA) is 38.7 Å². The van der Waals surface area contributed by atoms with Crippen LogP contribution in [0.25, 0.3) is 5.57 Å². The molecule has 0 fully saturated rings. The van der Waals surface area contributed by atoms with Gasteiger partial charge in [0.1, 0.15) is 23.9 Å². The Balaban J connectivity index is 2.19. The van der Waals surface area contributed by atoms with Gasteiger partial charge in [0.2, 0.25) is 0 Å². The Morgan fingerprint density at radius 1 is 1.19 bits per heavy atom. The van der Waals surface area contributed by atoms with Gasteiger partial charge < -0.3 is 14.6 Å². The van der Waals surface area contributed by atoms with Gasteiger partial charge in [0, 0.05) is 11.1 Å². The lowest BCUT2D eigenvalue weighted by atomic mass is 9.91. The van der Waals surface area contributed by atoms with Gasteiger partial charge in [-0.1, -0.05) is 12.1 Å². The molecule has 3 nitrogen and oxygen atoms in total. The molecule has 1 N–H and O–H groups in total. The SMILES string of the molecule is COc1ccc2c(c1)C(c1ccc(F)cc1)=C(CO)CO2. The second-order valence-electron chi connectivity index (χ2n) is 4.79. The molecule has 0 aromatic heterocycles. The standard InChI is InChI=1S/C17H15FO3/c1-20-14-6-7-16-15(8-14)17(12(9-19)10-21-16)11-2-4-13(18)5-3-11/h2-8,19H,9-10H2,1H3. The van der Waals surface area contributed by atoms with E-state index in [1.54, 1.807) is 19.2 Å². The minimum Gasteiger partial charge on any atom is -0.497 e. The van der Waals surface area contributed by atoms with E-state index in [1.807, 2.05) is 18.2 Å². The van der Waals surface area contributed by atoms with Gasteiger partial charge in [-0.2, -0.15) is 0 Å². The molecule has 2 aromatic rings. The molecule has 0 aliphatic carbocycles. The van der Waals surface area contributed by atoms with Crippen molar-refractivity contribution < 1.29 is 19.0 Å². The third-order valence-electron chi connectivity index (χ3n) is 3.54. The Kier molecular flexibility index (Phi) is 3.62. The molecule has 0 spiro atoms. The van der Waals surface area contributed by atoms with E-state index < -0.39 is 0 Å². The van der Waals surface area contributed by atoms with E-state index in [0.717, 1.165) is 28.0 Å². The average molecular weight is 286 g/mol. The number of halogens is 1. The van der Waals surface area contributed by atoms with E-state index in [-0.39, 0.29) is 12.4 Å². The number of hydrogen-bond donors (Lipinski definition) is 1. The van der Waals surface area contributed by atoms with Gasteiger partial charge >= 0.3 is 0 Å². The summed E-state index contributed by atoms with van der Waals surface area (Å²) in [5.41, 5.74) is 3.33. The third kappa shape index (κ3) is 2.50. The summed E-state index contributed by atoms with van der Waals surface area (Å²) in [5, 5.41) is 9.59. The van der Waals surface area contributed by atoms with E-state index in [0.29, 0.717) is 12.4 Å². The van der Waals surface area contributed by atoms with Crippen molar-refractivity contribution in [1.82, 2.24) is 0 Å². The highest BCUT2D eigenvalue weighted by Crippen LogP contribution is 2.39. The molecule has 0 unspecified atom stereocenters. The molecule has 0 saturated heterocycles. The van der Waals surface area contributed by atoms with Crippen LogP contribution in [0.3, 0.4) is 0 Å². The van der Waals surface area contributed by atoms with Crippen molar-refractivity contribution in [2.24, 2.45) is 0 Å². The molecule has 108 valence electrons. The van der Waals surface area contributed by atoms with Crippen LogP contribution in [0, 0.1) is 5.82 Å². The fourth-order valence-electron chi connectivity index (χ4n) is 2.49. The Morgan fingerprint density at radius 3 is 2.62 bits per heavy atom. The zero-order valence-corrected chi connectivity index (χ0v) is 11.6. The normalized spacial score (nSPS) is 13.7. The van der Waals surface area contributed by atoms with Crippen LogP contribution in [0.5, 0.6) is 11.5 Å². The summed E-state index contributed by atoms with van der Waals surface area (Å²) in [7, 11) is 1.60. The zero-order chi connectivity index (χ0) is 14.8. The molecule has 2 aromatic carbocycles. The van der Waals surface area contributed by atoms with Crippen LogP contribution >= 0.6 is 0 Å². The third-order valence-corrected chi connectivity index (χ3v) is 3.54. The van der Waals surface area contributed by atoms with Crippen LogP contribution in [0.1, 0.15) is 11.1 Å². The molecule has 0 amide bonds. The van der Waals surface area contributed by atoms with Crippen molar-refractivity contribution in [3.63, 3.8) is 0 Å². The zero-order valence-electron chi connectivity index (χ0n) is 11.6. The van der Waals surface area contributed by atoms with Crippen LogP contribution in [0.15, 0.2) is 48.0 Å². The maximum absolute atomic E-state index is 13.1. The summed E-state index contributed by atoms with van der Waals surface area (Å²) in [6, 6.07) is 11.8. The summed E-state index contributed by atoms with van der Waals surface area (Å²) in [4.78, 5) is 0. The second-order valence-corrected chi connectivity index (χ2v) is 4.79. The van der Waals surface area contributed by atoms with Crippen LogP contribution in [-0.4, -0.2) is 25.4 Å². The van der Waals surface area contributed by atoms with Gasteiger partial charge in [-0.15, -0.1) is 0 Å². The molecule has 0 saturated carbocycles. The van der Waals surface area contributed by atoms with Crippen LogP contribution < -0.4 is 9.47 Å². The quantitative estimate of drug-likeness (QED) is 0.942. The minimum absolute atomic E-state index is 0.108. The predicted molar refractivity (Wildman–Crippen MR) is 78.0 cm³/mol. The minimum atomic E-state index is -0.289. The van der Waals surface area contributed by atoms with Crippen molar-refractivity contribution in [2.45, 2.75) is 0 Å². The second kappa shape index (κ2) is 5.58. The largest absolute Gasteiger partial charge is 0.497 e. The predicted octanol–water partition coefficient (Wildman–Crippen LogP) is 3.02. The lowest BCUT2D eigenvalue weighted by Crippen LogP contribution is -2.14. The van der Waals surface area contributed by atoms with Crippen molar-refractivity contribution >= 4 is 5.57 Å². The molecular weight excluding hydrogens is 271 g/mol. The van der Waals surface area contributed by atoms with Crippen LogP contribution in [-0.2, 0) is 0 Å². The van der Waals surface area contributed by atoms with Gasteiger partial charge in [-0.25, -0.2) is 4.39 Å². The van der Waals surface area contributed by atoms with E-state index in [1.165, 1.54) is 12.1 Å². The highest BCUT2D eigenvalue weighted by molar-refractivity contribution is 5.86. The summed E-state index contributed by atoms with van der Waals surface area (Å²) >= 11 is 0. The average Bonchev–Trinajstić information content (AvgIpc) is 2.54. The number of aliphatic hydroxyl groups is 1. The van der Waals surface area contributed by atoms with Gasteiger partial charge in [0.25, 0.3) is 0 Å². The first-order valence-corrected chi connectivity index (χ1v) is 6.63. The lowest BCUT2D eigenvalue weighted by molar-refractivity contribution is 0.284. The molecule has 3 rings (SSSR count). The maximum atomic E-state index is 13.1. The molecule has 0 radical (unpaired) electrons. The molecule has 21 heavy (non-hydrogen) atoms. The van der Waals surface area contributed by atoms with Gasteiger partial charge in [0.15, 0.2) is 0 Å². The van der Waals surface area contributed by atoms with Crippen molar-refractivity contribution in [3.8, 4) is 11.5 Å². The monoisotopic (exact) mass is 286 g/mol. The molecule has 4 heteroatoms. The summed E-state index contributed by atoms with van der Waals surface area (Å²) in [5.74, 6) is 1.14. The first-order valence-electron chi connectivity index (χ1n) is 6.63.